The summed E-state index contributed by atoms with van der Waals surface area (Å²) in [5, 5.41) is 12.2. The topological polar surface area (TPSA) is 49.6 Å². The number of rotatable bonds is 5. The number of hydrogen-bond acceptors (Lipinski definition) is 4. The van der Waals surface area contributed by atoms with Gasteiger partial charge in [-0.05, 0) is 39.1 Å². The van der Waals surface area contributed by atoms with Gasteiger partial charge in [0.1, 0.15) is 29.3 Å². The number of nitrogens with zero attached hydrogens (tertiary/aromatic N) is 1. The molecule has 0 saturated heterocycles. The molecule has 0 fully saturated rings. The van der Waals surface area contributed by atoms with Gasteiger partial charge >= 0.3 is 0 Å². The Hall–Kier alpha value is -5.97. The molecule has 0 spiro atoms. The van der Waals surface area contributed by atoms with Gasteiger partial charge in [0, 0.05) is 27.5 Å². The summed E-state index contributed by atoms with van der Waals surface area (Å²) in [6.45, 7) is 0. The number of hydrogen-bond donors (Lipinski definition) is 2. The highest BCUT2D eigenvalue weighted by Gasteiger charge is 2.29. The van der Waals surface area contributed by atoms with Crippen molar-refractivity contribution in [1.29, 1.82) is 0 Å². The number of nitrogens with one attached hydrogen (secondary N) is 2. The smallest absolute Gasteiger partial charge is 0.143 e. The third-order valence-electron chi connectivity index (χ3n) is 9.19. The highest BCUT2D eigenvalue weighted by molar-refractivity contribution is 6.14. The van der Waals surface area contributed by atoms with E-state index >= 15 is 0 Å². The molecule has 1 aromatic heterocycles. The summed E-state index contributed by atoms with van der Waals surface area (Å²) >= 11 is 0. The molecule has 9 rings (SSSR count). The molecule has 0 radical (unpaired) electrons. The van der Waals surface area contributed by atoms with Crippen molar-refractivity contribution in [2.24, 2.45) is 4.99 Å². The number of benzene rings is 7. The summed E-state index contributed by atoms with van der Waals surface area (Å²) in [7, 11) is 0. The molecular weight excluding hydrogens is 574 g/mol. The molecule has 4 heteroatoms. The zero-order valence-corrected chi connectivity index (χ0v) is 25.6. The summed E-state index contributed by atoms with van der Waals surface area (Å²) in [4.78, 5) is 5.20. The summed E-state index contributed by atoms with van der Waals surface area (Å²) < 4.78 is 6.71. The van der Waals surface area contributed by atoms with Crippen LogP contribution >= 0.6 is 0 Å². The predicted octanol–water partition coefficient (Wildman–Crippen LogP) is 10.4. The predicted molar refractivity (Wildman–Crippen MR) is 193 cm³/mol. The van der Waals surface area contributed by atoms with Gasteiger partial charge < -0.3 is 9.73 Å². The molecule has 0 amide bonds. The molecule has 2 unspecified atom stereocenters. The molecule has 7 aromatic carbocycles. The second kappa shape index (κ2) is 11.4. The molecule has 224 valence electrons. The third-order valence-corrected chi connectivity index (χ3v) is 9.19. The van der Waals surface area contributed by atoms with E-state index in [1.165, 1.54) is 21.9 Å². The first-order chi connectivity index (χ1) is 23.3. The van der Waals surface area contributed by atoms with Gasteiger partial charge in [0.2, 0.25) is 0 Å². The van der Waals surface area contributed by atoms with Gasteiger partial charge in [0.15, 0.2) is 0 Å². The fourth-order valence-corrected chi connectivity index (χ4v) is 6.89. The number of aliphatic imine (C=N–C) groups is 1. The van der Waals surface area contributed by atoms with E-state index in [-0.39, 0.29) is 12.3 Å². The SMILES string of the molecule is c1ccc(-c2ccc(C3=NC(c4ccccc4)NC(c4ccc(-c5cccc6ccccc56)c5oc6ccccc6c45)N3)cc2)cc1. The third kappa shape index (κ3) is 4.87. The van der Waals surface area contributed by atoms with Crippen molar-refractivity contribution in [3.63, 3.8) is 0 Å². The first kappa shape index (κ1) is 27.3. The normalized spacial score (nSPS) is 16.3. The Morgan fingerprint density at radius 2 is 1.17 bits per heavy atom. The maximum Gasteiger partial charge on any atom is 0.143 e. The largest absolute Gasteiger partial charge is 0.455 e. The fourth-order valence-electron chi connectivity index (χ4n) is 6.89. The number of para-hydroxylation sites is 1. The van der Waals surface area contributed by atoms with Crippen molar-refractivity contribution < 1.29 is 4.42 Å². The minimum atomic E-state index is -0.239. The van der Waals surface area contributed by atoms with Crippen LogP contribution in [0.4, 0.5) is 0 Å². The van der Waals surface area contributed by atoms with Crippen LogP contribution in [0.25, 0.3) is 55.0 Å². The highest BCUT2D eigenvalue weighted by atomic mass is 16.3. The van der Waals surface area contributed by atoms with Crippen molar-refractivity contribution in [2.45, 2.75) is 12.3 Å². The Labute approximate surface area is 273 Å². The van der Waals surface area contributed by atoms with E-state index in [9.17, 15) is 0 Å². The van der Waals surface area contributed by atoms with Gasteiger partial charge in [-0.25, -0.2) is 4.99 Å². The van der Waals surface area contributed by atoms with E-state index in [1.54, 1.807) is 0 Å². The Morgan fingerprint density at radius 3 is 2.00 bits per heavy atom. The number of fused-ring (bicyclic) bond motifs is 4. The summed E-state index contributed by atoms with van der Waals surface area (Å²) in [6, 6.07) is 57.4. The Morgan fingerprint density at radius 1 is 0.511 bits per heavy atom. The monoisotopic (exact) mass is 605 g/mol. The van der Waals surface area contributed by atoms with Crippen molar-refractivity contribution in [3.8, 4) is 22.3 Å². The molecule has 1 aliphatic heterocycles. The van der Waals surface area contributed by atoms with E-state index in [0.717, 1.165) is 55.6 Å². The molecule has 0 bridgehead atoms. The van der Waals surface area contributed by atoms with Crippen molar-refractivity contribution in [2.75, 3.05) is 0 Å². The maximum absolute atomic E-state index is 6.71. The average molecular weight is 606 g/mol. The molecule has 8 aromatic rings. The minimum Gasteiger partial charge on any atom is -0.455 e. The van der Waals surface area contributed by atoms with Crippen molar-refractivity contribution >= 4 is 38.5 Å². The van der Waals surface area contributed by atoms with Crippen LogP contribution in [0.3, 0.4) is 0 Å². The molecular formula is C43H31N3O. The van der Waals surface area contributed by atoms with E-state index in [4.69, 9.17) is 9.41 Å². The summed E-state index contributed by atoms with van der Waals surface area (Å²) in [6.07, 6.45) is -0.469. The Kier molecular flexibility index (Phi) is 6.65. The molecule has 47 heavy (non-hydrogen) atoms. The van der Waals surface area contributed by atoms with Crippen LogP contribution in [0.15, 0.2) is 173 Å². The van der Waals surface area contributed by atoms with Crippen LogP contribution in [0, 0.1) is 0 Å². The van der Waals surface area contributed by atoms with Gasteiger partial charge in [0.25, 0.3) is 0 Å². The molecule has 2 heterocycles. The van der Waals surface area contributed by atoms with Gasteiger partial charge in [-0.2, -0.15) is 0 Å². The lowest BCUT2D eigenvalue weighted by molar-refractivity contribution is 0.411. The Balaban J connectivity index is 1.19. The highest BCUT2D eigenvalue weighted by Crippen LogP contribution is 2.42. The molecule has 2 N–H and O–H groups in total. The summed E-state index contributed by atoms with van der Waals surface area (Å²) in [5.41, 5.74) is 9.63. The van der Waals surface area contributed by atoms with E-state index in [0.29, 0.717) is 0 Å². The van der Waals surface area contributed by atoms with E-state index in [1.807, 2.05) is 18.2 Å². The minimum absolute atomic E-state index is 0.230. The van der Waals surface area contributed by atoms with Gasteiger partial charge in [0.05, 0.1) is 0 Å². The molecule has 2 atom stereocenters. The van der Waals surface area contributed by atoms with Gasteiger partial charge in [-0.15, -0.1) is 0 Å². The standard InChI is InChI=1S/C43H31N3O/c1-3-12-28(13-4-1)29-22-24-32(25-23-29)42-44-41(31-15-5-2-6-16-31)45-43(46-42)37-27-26-35(34-20-11-17-30-14-7-8-18-33(30)34)40-39(37)36-19-9-10-21-38(36)47-40/h1-27,41,43,45H,(H,44,46). The molecule has 0 saturated carbocycles. The fraction of sp³-hybridized carbons (Fsp3) is 0.0465. The lowest BCUT2D eigenvalue weighted by Gasteiger charge is -2.32. The number of furan rings is 1. The van der Waals surface area contributed by atoms with E-state index < -0.39 is 0 Å². The van der Waals surface area contributed by atoms with Gasteiger partial charge in [-0.3, -0.25) is 5.32 Å². The average Bonchev–Trinajstić information content (AvgIpc) is 3.55. The van der Waals surface area contributed by atoms with Crippen LogP contribution in [-0.2, 0) is 0 Å². The summed E-state index contributed by atoms with van der Waals surface area (Å²) in [5.74, 6) is 0.848. The Bertz CT molecular complexity index is 2410. The van der Waals surface area contributed by atoms with E-state index in [2.05, 4.69) is 156 Å². The van der Waals surface area contributed by atoms with Crippen LogP contribution in [0.2, 0.25) is 0 Å². The van der Waals surface area contributed by atoms with Crippen molar-refractivity contribution in [1.82, 2.24) is 10.6 Å². The zero-order chi connectivity index (χ0) is 31.2. The zero-order valence-electron chi connectivity index (χ0n) is 25.6. The number of amidine groups is 1. The molecule has 4 nitrogen and oxygen atoms in total. The van der Waals surface area contributed by atoms with Crippen LogP contribution in [-0.4, -0.2) is 5.84 Å². The quantitative estimate of drug-likeness (QED) is 0.205. The van der Waals surface area contributed by atoms with Crippen LogP contribution in [0.1, 0.15) is 29.0 Å². The second-order valence-electron chi connectivity index (χ2n) is 12.0. The maximum atomic E-state index is 6.71. The lowest BCUT2D eigenvalue weighted by Crippen LogP contribution is -2.45. The first-order valence-corrected chi connectivity index (χ1v) is 16.0. The molecule has 0 aliphatic carbocycles. The van der Waals surface area contributed by atoms with Gasteiger partial charge in [-0.1, -0.05) is 158 Å². The van der Waals surface area contributed by atoms with Crippen molar-refractivity contribution in [3.05, 3.63) is 180 Å². The van der Waals surface area contributed by atoms with Crippen LogP contribution in [0.5, 0.6) is 0 Å². The lowest BCUT2D eigenvalue weighted by atomic mass is 9.93. The van der Waals surface area contributed by atoms with Crippen LogP contribution < -0.4 is 10.6 Å². The first-order valence-electron chi connectivity index (χ1n) is 16.0. The molecule has 1 aliphatic rings. The second-order valence-corrected chi connectivity index (χ2v) is 12.0.